The van der Waals surface area contributed by atoms with Crippen LogP contribution in [0, 0.1) is 11.8 Å². The molecule has 1 amide bonds. The van der Waals surface area contributed by atoms with E-state index in [1.165, 1.54) is 4.90 Å². The van der Waals surface area contributed by atoms with E-state index in [1.54, 1.807) is 20.8 Å². The second-order valence-electron chi connectivity index (χ2n) is 6.29. The number of ether oxygens (including phenoxy) is 1. The summed E-state index contributed by atoms with van der Waals surface area (Å²) in [7, 11) is 0. The van der Waals surface area contributed by atoms with Crippen molar-refractivity contribution in [3.05, 3.63) is 0 Å². The average molecular weight is 269 g/mol. The van der Waals surface area contributed by atoms with Crippen LogP contribution < -0.4 is 0 Å². The van der Waals surface area contributed by atoms with Gasteiger partial charge in [0.15, 0.2) is 0 Å². The molecule has 0 radical (unpaired) electrons. The van der Waals surface area contributed by atoms with Crippen LogP contribution in [0.1, 0.15) is 33.6 Å². The minimum Gasteiger partial charge on any atom is -0.480 e. The molecule has 1 aliphatic heterocycles. The molecule has 1 N–H and O–H groups in total. The highest BCUT2D eigenvalue weighted by molar-refractivity contribution is 5.87. The lowest BCUT2D eigenvalue weighted by molar-refractivity contribution is -0.143. The molecule has 3 atom stereocenters. The standard InChI is InChI=1S/C13H19NO5/c1-13(2,3)19-12(18)14-6-7-4-8(15)5-9(7)10(14)11(16)17/h7,9-10H,4-6H2,1-3H3,(H,16,17)/t7-,9+,10-/m0/s1. The van der Waals surface area contributed by atoms with E-state index in [0.717, 1.165) is 0 Å². The quantitative estimate of drug-likeness (QED) is 0.775. The van der Waals surface area contributed by atoms with Crippen LogP contribution in [0.15, 0.2) is 0 Å². The Morgan fingerprint density at radius 2 is 1.95 bits per heavy atom. The molecule has 0 unspecified atom stereocenters. The van der Waals surface area contributed by atoms with Gasteiger partial charge in [0.05, 0.1) is 0 Å². The Morgan fingerprint density at radius 3 is 2.47 bits per heavy atom. The molecule has 0 aromatic heterocycles. The molecule has 0 spiro atoms. The molecule has 19 heavy (non-hydrogen) atoms. The van der Waals surface area contributed by atoms with E-state index in [9.17, 15) is 19.5 Å². The number of carboxylic acids is 1. The Kier molecular flexibility index (Phi) is 3.28. The third-order valence-corrected chi connectivity index (χ3v) is 3.61. The maximum Gasteiger partial charge on any atom is 0.411 e. The maximum absolute atomic E-state index is 12.0. The van der Waals surface area contributed by atoms with Gasteiger partial charge in [-0.1, -0.05) is 0 Å². The fourth-order valence-electron chi connectivity index (χ4n) is 2.95. The van der Waals surface area contributed by atoms with Gasteiger partial charge in [0, 0.05) is 25.3 Å². The Balaban J connectivity index is 2.16. The van der Waals surface area contributed by atoms with Crippen molar-refractivity contribution in [2.75, 3.05) is 6.54 Å². The zero-order valence-electron chi connectivity index (χ0n) is 11.4. The van der Waals surface area contributed by atoms with Crippen molar-refractivity contribution < 1.29 is 24.2 Å². The summed E-state index contributed by atoms with van der Waals surface area (Å²) in [5, 5.41) is 9.30. The molecule has 0 bridgehead atoms. The fraction of sp³-hybridized carbons (Fsp3) is 0.769. The topological polar surface area (TPSA) is 83.9 Å². The fourth-order valence-corrected chi connectivity index (χ4v) is 2.95. The SMILES string of the molecule is CC(C)(C)OC(=O)N1C[C@@H]2CC(=O)C[C@H]2[C@H]1C(=O)O. The van der Waals surface area contributed by atoms with E-state index < -0.39 is 23.7 Å². The number of carbonyl (C=O) groups excluding carboxylic acids is 2. The predicted octanol–water partition coefficient (Wildman–Crippen LogP) is 1.29. The van der Waals surface area contributed by atoms with Crippen molar-refractivity contribution in [3.8, 4) is 0 Å². The highest BCUT2D eigenvalue weighted by Gasteiger charge is 2.52. The lowest BCUT2D eigenvalue weighted by Crippen LogP contribution is -2.45. The second-order valence-corrected chi connectivity index (χ2v) is 6.29. The summed E-state index contributed by atoms with van der Waals surface area (Å²) in [6.45, 7) is 5.51. The van der Waals surface area contributed by atoms with Gasteiger partial charge in [-0.3, -0.25) is 9.69 Å². The van der Waals surface area contributed by atoms with E-state index in [2.05, 4.69) is 0 Å². The van der Waals surface area contributed by atoms with Crippen molar-refractivity contribution >= 4 is 17.8 Å². The van der Waals surface area contributed by atoms with E-state index in [4.69, 9.17) is 4.74 Å². The van der Waals surface area contributed by atoms with Crippen molar-refractivity contribution in [1.82, 2.24) is 4.90 Å². The molecule has 6 heteroatoms. The number of hydrogen-bond donors (Lipinski definition) is 1. The number of carbonyl (C=O) groups is 3. The lowest BCUT2D eigenvalue weighted by Gasteiger charge is -2.28. The average Bonchev–Trinajstić information content (AvgIpc) is 2.69. The summed E-state index contributed by atoms with van der Waals surface area (Å²) in [5.74, 6) is -1.28. The number of Topliss-reactive ketones (excluding diaryl/α,β-unsaturated/α-hetero) is 1. The summed E-state index contributed by atoms with van der Waals surface area (Å²) >= 11 is 0. The molecule has 0 aromatic rings. The Hall–Kier alpha value is -1.59. The molecule has 106 valence electrons. The first-order valence-electron chi connectivity index (χ1n) is 6.43. The van der Waals surface area contributed by atoms with E-state index >= 15 is 0 Å². The molecule has 1 saturated heterocycles. The first-order valence-corrected chi connectivity index (χ1v) is 6.43. The second kappa shape index (κ2) is 4.51. The summed E-state index contributed by atoms with van der Waals surface area (Å²) in [5.41, 5.74) is -0.659. The van der Waals surface area contributed by atoms with Crippen LogP contribution in [0.5, 0.6) is 0 Å². The van der Waals surface area contributed by atoms with Gasteiger partial charge in [-0.25, -0.2) is 9.59 Å². The number of rotatable bonds is 1. The van der Waals surface area contributed by atoms with E-state index in [1.807, 2.05) is 0 Å². The molecule has 1 saturated carbocycles. The van der Waals surface area contributed by atoms with E-state index in [-0.39, 0.29) is 24.0 Å². The minimum atomic E-state index is -1.06. The van der Waals surface area contributed by atoms with Crippen molar-refractivity contribution in [1.29, 1.82) is 0 Å². The first-order chi connectivity index (χ1) is 8.69. The van der Waals surface area contributed by atoms with Gasteiger partial charge >= 0.3 is 12.1 Å². The zero-order valence-corrected chi connectivity index (χ0v) is 11.4. The van der Waals surface area contributed by atoms with Crippen molar-refractivity contribution in [3.63, 3.8) is 0 Å². The normalized spacial score (nSPS) is 30.4. The number of ketones is 1. The number of nitrogens with zero attached hydrogens (tertiary/aromatic N) is 1. The molecule has 6 nitrogen and oxygen atoms in total. The lowest BCUT2D eigenvalue weighted by atomic mass is 9.94. The van der Waals surface area contributed by atoms with Crippen LogP contribution in [-0.4, -0.2) is 46.0 Å². The number of likely N-dealkylation sites (tertiary alicyclic amines) is 1. The molecular formula is C13H19NO5. The van der Waals surface area contributed by atoms with Crippen LogP contribution in [-0.2, 0) is 14.3 Å². The molecule has 2 aliphatic rings. The molecule has 2 rings (SSSR count). The highest BCUT2D eigenvalue weighted by Crippen LogP contribution is 2.41. The number of amides is 1. The first kappa shape index (κ1) is 13.8. The number of aliphatic carboxylic acids is 1. The van der Waals surface area contributed by atoms with Gasteiger partial charge in [0.25, 0.3) is 0 Å². The van der Waals surface area contributed by atoms with Gasteiger partial charge in [0.2, 0.25) is 0 Å². The van der Waals surface area contributed by atoms with E-state index in [0.29, 0.717) is 13.0 Å². The van der Waals surface area contributed by atoms with Gasteiger partial charge in [-0.2, -0.15) is 0 Å². The highest BCUT2D eigenvalue weighted by atomic mass is 16.6. The zero-order chi connectivity index (χ0) is 14.4. The maximum atomic E-state index is 12.0. The smallest absolute Gasteiger partial charge is 0.411 e. The largest absolute Gasteiger partial charge is 0.480 e. The number of fused-ring (bicyclic) bond motifs is 1. The van der Waals surface area contributed by atoms with Crippen molar-refractivity contribution in [2.45, 2.75) is 45.3 Å². The predicted molar refractivity (Wildman–Crippen MR) is 65.6 cm³/mol. The molecule has 0 aromatic carbocycles. The third-order valence-electron chi connectivity index (χ3n) is 3.61. The monoisotopic (exact) mass is 269 g/mol. The van der Waals surface area contributed by atoms with Crippen LogP contribution in [0.25, 0.3) is 0 Å². The van der Waals surface area contributed by atoms with Crippen LogP contribution >= 0.6 is 0 Å². The summed E-state index contributed by atoms with van der Waals surface area (Å²) in [6.07, 6.45) is 0.0102. The molecule has 1 heterocycles. The van der Waals surface area contributed by atoms with Gasteiger partial charge in [-0.15, -0.1) is 0 Å². The minimum absolute atomic E-state index is 0.0406. The summed E-state index contributed by atoms with van der Waals surface area (Å²) < 4.78 is 5.23. The number of hydrogen-bond acceptors (Lipinski definition) is 4. The molecule has 1 aliphatic carbocycles. The van der Waals surface area contributed by atoms with Gasteiger partial charge < -0.3 is 9.84 Å². The Bertz CT molecular complexity index is 425. The van der Waals surface area contributed by atoms with Crippen LogP contribution in [0.4, 0.5) is 4.79 Å². The summed E-state index contributed by atoms with van der Waals surface area (Å²) in [6, 6.07) is -0.939. The number of carboxylic acid groups (broad SMARTS) is 1. The van der Waals surface area contributed by atoms with Crippen molar-refractivity contribution in [2.24, 2.45) is 11.8 Å². The summed E-state index contributed by atoms with van der Waals surface area (Å²) in [4.78, 5) is 36.1. The molecule has 2 fully saturated rings. The van der Waals surface area contributed by atoms with Gasteiger partial charge in [-0.05, 0) is 26.7 Å². The van der Waals surface area contributed by atoms with Crippen LogP contribution in [0.3, 0.4) is 0 Å². The Labute approximate surface area is 111 Å². The Morgan fingerprint density at radius 1 is 1.32 bits per heavy atom. The molecular weight excluding hydrogens is 250 g/mol. The van der Waals surface area contributed by atoms with Crippen LogP contribution in [0.2, 0.25) is 0 Å². The third kappa shape index (κ3) is 2.72. The van der Waals surface area contributed by atoms with Gasteiger partial charge in [0.1, 0.15) is 17.4 Å².